The Hall–Kier alpha value is -1.30. The number of aryl methyl sites for hydroxylation is 1. The summed E-state index contributed by atoms with van der Waals surface area (Å²) in [6, 6.07) is 5.98. The van der Waals surface area contributed by atoms with Gasteiger partial charge in [0.1, 0.15) is 5.75 Å². The van der Waals surface area contributed by atoms with Gasteiger partial charge in [0.25, 0.3) is 0 Å². The molecule has 21 heavy (non-hydrogen) atoms. The predicted octanol–water partition coefficient (Wildman–Crippen LogP) is 5.20. The molecule has 1 aromatic heterocycles. The van der Waals surface area contributed by atoms with E-state index < -0.39 is 5.97 Å². The first-order valence-corrected chi connectivity index (χ1v) is 7.52. The second-order valence-electron chi connectivity index (χ2n) is 4.14. The van der Waals surface area contributed by atoms with Crippen LogP contribution in [0.2, 0.25) is 10.0 Å². The van der Waals surface area contributed by atoms with E-state index >= 15 is 0 Å². The number of aromatic nitrogens is 1. The lowest BCUT2D eigenvalue weighted by Crippen LogP contribution is -2.01. The highest BCUT2D eigenvalue weighted by Gasteiger charge is 2.12. The zero-order valence-corrected chi connectivity index (χ0v) is 14.0. The second-order valence-corrected chi connectivity index (χ2v) is 5.81. The first-order valence-electron chi connectivity index (χ1n) is 5.97. The normalized spacial score (nSPS) is 10.5. The summed E-state index contributed by atoms with van der Waals surface area (Å²) >= 11 is 15.3. The molecule has 0 amide bonds. The van der Waals surface area contributed by atoms with Crippen molar-refractivity contribution in [2.24, 2.45) is 0 Å². The Balaban J connectivity index is 2.41. The third-order valence-corrected chi connectivity index (χ3v) is 4.15. The molecule has 0 bridgehead atoms. The SMILES string of the molecule is CCc1cc(C(=O)O)cc(Oc2cc(Cl)c(Br)cc2Cl)n1. The molecule has 0 aliphatic carbocycles. The van der Waals surface area contributed by atoms with Gasteiger partial charge >= 0.3 is 5.97 Å². The monoisotopic (exact) mass is 389 g/mol. The number of carbonyl (C=O) groups is 1. The number of hydrogen-bond donors (Lipinski definition) is 1. The molecule has 2 rings (SSSR count). The van der Waals surface area contributed by atoms with Gasteiger partial charge in [-0.3, -0.25) is 0 Å². The van der Waals surface area contributed by atoms with Crippen molar-refractivity contribution in [2.75, 3.05) is 0 Å². The first kappa shape index (κ1) is 16.1. The topological polar surface area (TPSA) is 59.4 Å². The number of halogens is 3. The Morgan fingerprint density at radius 2 is 2.00 bits per heavy atom. The number of carboxylic acid groups (broad SMARTS) is 1. The highest BCUT2D eigenvalue weighted by Crippen LogP contribution is 2.36. The highest BCUT2D eigenvalue weighted by atomic mass is 79.9. The summed E-state index contributed by atoms with van der Waals surface area (Å²) in [5.41, 5.74) is 0.723. The molecular formula is C14H10BrCl2NO3. The van der Waals surface area contributed by atoms with Crippen molar-refractivity contribution in [3.63, 3.8) is 0 Å². The zero-order valence-electron chi connectivity index (χ0n) is 10.9. The van der Waals surface area contributed by atoms with Crippen LogP contribution in [0.3, 0.4) is 0 Å². The van der Waals surface area contributed by atoms with Crippen molar-refractivity contribution in [3.05, 3.63) is 50.0 Å². The third kappa shape index (κ3) is 3.87. The Bertz CT molecular complexity index is 707. The minimum atomic E-state index is -1.04. The van der Waals surface area contributed by atoms with E-state index in [4.69, 9.17) is 33.0 Å². The van der Waals surface area contributed by atoms with Gasteiger partial charge in [-0.05, 0) is 34.5 Å². The number of nitrogens with zero attached hydrogens (tertiary/aromatic N) is 1. The Morgan fingerprint density at radius 1 is 1.29 bits per heavy atom. The van der Waals surface area contributed by atoms with E-state index in [2.05, 4.69) is 20.9 Å². The van der Waals surface area contributed by atoms with Crippen molar-refractivity contribution >= 4 is 45.1 Å². The fourth-order valence-electron chi connectivity index (χ4n) is 1.61. The molecule has 0 spiro atoms. The molecule has 1 N–H and O–H groups in total. The molecular weight excluding hydrogens is 381 g/mol. The molecule has 0 fully saturated rings. The summed E-state index contributed by atoms with van der Waals surface area (Å²) in [6.45, 7) is 1.88. The van der Waals surface area contributed by atoms with Gasteiger partial charge < -0.3 is 9.84 Å². The van der Waals surface area contributed by atoms with Crippen molar-refractivity contribution in [3.8, 4) is 11.6 Å². The molecule has 2 aromatic rings. The molecule has 7 heteroatoms. The molecule has 110 valence electrons. The molecule has 0 aliphatic heterocycles. The van der Waals surface area contributed by atoms with Crippen LogP contribution in [0.25, 0.3) is 0 Å². The number of pyridine rings is 1. The van der Waals surface area contributed by atoms with Crippen molar-refractivity contribution in [1.29, 1.82) is 0 Å². The van der Waals surface area contributed by atoms with Crippen LogP contribution in [0.15, 0.2) is 28.7 Å². The van der Waals surface area contributed by atoms with Crippen LogP contribution in [0, 0.1) is 0 Å². The van der Waals surface area contributed by atoms with Crippen LogP contribution in [-0.4, -0.2) is 16.1 Å². The van der Waals surface area contributed by atoms with Gasteiger partial charge in [-0.15, -0.1) is 0 Å². The van der Waals surface area contributed by atoms with Crippen molar-refractivity contribution in [1.82, 2.24) is 4.98 Å². The summed E-state index contributed by atoms with van der Waals surface area (Å²) in [5, 5.41) is 9.86. The number of carboxylic acids is 1. The standard InChI is InChI=1S/C14H10BrCl2NO3/c1-2-8-3-7(14(19)20)4-13(18-8)21-12-6-10(16)9(15)5-11(12)17/h3-6H,2H2,1H3,(H,19,20). The Kier molecular flexibility index (Phi) is 5.08. The van der Waals surface area contributed by atoms with E-state index in [1.165, 1.54) is 18.2 Å². The van der Waals surface area contributed by atoms with Gasteiger partial charge in [-0.2, -0.15) is 0 Å². The van der Waals surface area contributed by atoms with E-state index in [0.717, 1.165) is 0 Å². The van der Waals surface area contributed by atoms with Gasteiger partial charge in [0, 0.05) is 22.3 Å². The number of aromatic carboxylic acids is 1. The highest BCUT2D eigenvalue weighted by molar-refractivity contribution is 9.10. The molecule has 4 nitrogen and oxygen atoms in total. The van der Waals surface area contributed by atoms with E-state index in [9.17, 15) is 4.79 Å². The van der Waals surface area contributed by atoms with Crippen LogP contribution in [0.1, 0.15) is 23.0 Å². The maximum atomic E-state index is 11.1. The van der Waals surface area contributed by atoms with Gasteiger partial charge in [0.2, 0.25) is 5.88 Å². The lowest BCUT2D eigenvalue weighted by atomic mass is 10.2. The predicted molar refractivity (Wildman–Crippen MR) is 84.8 cm³/mol. The van der Waals surface area contributed by atoms with Gasteiger partial charge in [0.05, 0.1) is 15.6 Å². The maximum Gasteiger partial charge on any atom is 0.335 e. The van der Waals surface area contributed by atoms with E-state index in [1.54, 1.807) is 6.07 Å². The quantitative estimate of drug-likeness (QED) is 0.728. The number of benzene rings is 1. The van der Waals surface area contributed by atoms with Gasteiger partial charge in [-0.1, -0.05) is 30.1 Å². The van der Waals surface area contributed by atoms with E-state index in [1.807, 2.05) is 6.92 Å². The molecule has 0 aliphatic rings. The van der Waals surface area contributed by atoms with Crippen molar-refractivity contribution < 1.29 is 14.6 Å². The largest absolute Gasteiger partial charge is 0.478 e. The summed E-state index contributed by atoms with van der Waals surface area (Å²) in [4.78, 5) is 15.3. The molecule has 1 aromatic carbocycles. The van der Waals surface area contributed by atoms with Crippen LogP contribution in [0.4, 0.5) is 0 Å². The van der Waals surface area contributed by atoms with Crippen LogP contribution < -0.4 is 4.74 Å². The summed E-state index contributed by atoms with van der Waals surface area (Å²) < 4.78 is 6.21. The summed E-state index contributed by atoms with van der Waals surface area (Å²) in [6.07, 6.45) is 0.590. The number of hydrogen-bond acceptors (Lipinski definition) is 3. The molecule has 0 atom stereocenters. The molecule has 0 unspecified atom stereocenters. The lowest BCUT2D eigenvalue weighted by Gasteiger charge is -2.10. The smallest absolute Gasteiger partial charge is 0.335 e. The minimum Gasteiger partial charge on any atom is -0.478 e. The average molecular weight is 391 g/mol. The Labute approximate surface area is 139 Å². The fraction of sp³-hybridized carbons (Fsp3) is 0.143. The summed E-state index contributed by atoms with van der Waals surface area (Å²) in [7, 11) is 0. The van der Waals surface area contributed by atoms with Crippen LogP contribution in [0.5, 0.6) is 11.6 Å². The molecule has 0 radical (unpaired) electrons. The minimum absolute atomic E-state index is 0.108. The van der Waals surface area contributed by atoms with Crippen molar-refractivity contribution in [2.45, 2.75) is 13.3 Å². The average Bonchev–Trinajstić information content (AvgIpc) is 2.44. The van der Waals surface area contributed by atoms with E-state index in [-0.39, 0.29) is 11.4 Å². The zero-order chi connectivity index (χ0) is 15.6. The summed E-state index contributed by atoms with van der Waals surface area (Å²) in [5.74, 6) is -0.578. The van der Waals surface area contributed by atoms with Crippen LogP contribution in [-0.2, 0) is 6.42 Å². The number of rotatable bonds is 4. The van der Waals surface area contributed by atoms with E-state index in [0.29, 0.717) is 32.4 Å². The molecule has 0 saturated carbocycles. The fourth-order valence-corrected chi connectivity index (χ4v) is 2.44. The molecule has 0 saturated heterocycles. The van der Waals surface area contributed by atoms with Crippen LogP contribution >= 0.6 is 39.1 Å². The van der Waals surface area contributed by atoms with Gasteiger partial charge in [-0.25, -0.2) is 9.78 Å². The second kappa shape index (κ2) is 6.64. The first-order chi connectivity index (χ1) is 9.90. The lowest BCUT2D eigenvalue weighted by molar-refractivity contribution is 0.0696. The number of ether oxygens (including phenoxy) is 1. The Morgan fingerprint density at radius 3 is 2.62 bits per heavy atom. The molecule has 1 heterocycles. The maximum absolute atomic E-state index is 11.1. The third-order valence-electron chi connectivity index (χ3n) is 2.65. The van der Waals surface area contributed by atoms with Gasteiger partial charge in [0.15, 0.2) is 0 Å².